The molecule has 0 amide bonds. The molecule has 0 spiro atoms. The minimum atomic E-state index is 0.220. The van der Waals surface area contributed by atoms with Crippen LogP contribution in [0.5, 0.6) is 0 Å². The summed E-state index contributed by atoms with van der Waals surface area (Å²) in [6, 6.07) is 0.287. The van der Waals surface area contributed by atoms with Crippen LogP contribution in [0.25, 0.3) is 0 Å². The molecule has 0 saturated heterocycles. The van der Waals surface area contributed by atoms with Crippen LogP contribution in [0.15, 0.2) is 0 Å². The molecule has 2 unspecified atom stereocenters. The largest absolute Gasteiger partial charge is 0.327 e. The summed E-state index contributed by atoms with van der Waals surface area (Å²) in [5.74, 6) is 2.61. The summed E-state index contributed by atoms with van der Waals surface area (Å²) in [5, 5.41) is 0. The lowest BCUT2D eigenvalue weighted by molar-refractivity contribution is 0.0934. The van der Waals surface area contributed by atoms with Gasteiger partial charge in [0.25, 0.3) is 0 Å². The van der Waals surface area contributed by atoms with Crippen LogP contribution >= 0.6 is 0 Å². The van der Waals surface area contributed by atoms with E-state index in [2.05, 4.69) is 55.4 Å². The molecule has 0 aliphatic carbocycles. The van der Waals surface area contributed by atoms with E-state index in [9.17, 15) is 0 Å². The van der Waals surface area contributed by atoms with E-state index in [0.29, 0.717) is 23.7 Å². The maximum Gasteiger partial charge on any atom is 0.0121 e. The highest BCUT2D eigenvalue weighted by Gasteiger charge is 2.37. The average molecular weight is 213 g/mol. The fourth-order valence-corrected chi connectivity index (χ4v) is 2.25. The van der Waals surface area contributed by atoms with Crippen molar-refractivity contribution in [1.82, 2.24) is 0 Å². The van der Waals surface area contributed by atoms with E-state index >= 15 is 0 Å². The molecule has 15 heavy (non-hydrogen) atoms. The SMILES string of the molecule is CC(C)C(C)C(C)(C)C(N)[C@H](C)C(C)C. The quantitative estimate of drug-likeness (QED) is 0.736. The van der Waals surface area contributed by atoms with Crippen molar-refractivity contribution in [3.05, 3.63) is 0 Å². The molecule has 92 valence electrons. The molecule has 0 aliphatic rings. The van der Waals surface area contributed by atoms with Gasteiger partial charge >= 0.3 is 0 Å². The van der Waals surface area contributed by atoms with E-state index in [1.165, 1.54) is 0 Å². The van der Waals surface area contributed by atoms with E-state index in [1.54, 1.807) is 0 Å². The van der Waals surface area contributed by atoms with Crippen LogP contribution in [0.3, 0.4) is 0 Å². The second-order valence-electron chi connectivity index (χ2n) is 6.48. The first-order chi connectivity index (χ1) is 6.62. The highest BCUT2D eigenvalue weighted by atomic mass is 14.7. The number of rotatable bonds is 5. The topological polar surface area (TPSA) is 26.0 Å². The van der Waals surface area contributed by atoms with E-state index < -0.39 is 0 Å². The Morgan fingerprint density at radius 3 is 1.47 bits per heavy atom. The van der Waals surface area contributed by atoms with Gasteiger partial charge in [-0.15, -0.1) is 0 Å². The van der Waals surface area contributed by atoms with Gasteiger partial charge in [0.1, 0.15) is 0 Å². The van der Waals surface area contributed by atoms with Gasteiger partial charge in [0.05, 0.1) is 0 Å². The van der Waals surface area contributed by atoms with Gasteiger partial charge in [-0.2, -0.15) is 0 Å². The van der Waals surface area contributed by atoms with E-state index in [0.717, 1.165) is 0 Å². The lowest BCUT2D eigenvalue weighted by atomic mass is 9.65. The average Bonchev–Trinajstić information content (AvgIpc) is 2.13. The van der Waals surface area contributed by atoms with Crippen LogP contribution in [0, 0.1) is 29.1 Å². The van der Waals surface area contributed by atoms with E-state index in [1.807, 2.05) is 0 Å². The zero-order chi connectivity index (χ0) is 12.4. The number of nitrogens with two attached hydrogens (primary N) is 1. The highest BCUT2D eigenvalue weighted by molar-refractivity contribution is 4.90. The molecule has 0 saturated carbocycles. The van der Waals surface area contributed by atoms with Crippen molar-refractivity contribution >= 4 is 0 Å². The highest BCUT2D eigenvalue weighted by Crippen LogP contribution is 2.38. The summed E-state index contributed by atoms with van der Waals surface area (Å²) in [6.07, 6.45) is 0. The maximum atomic E-state index is 6.43. The Morgan fingerprint density at radius 1 is 0.800 bits per heavy atom. The molecule has 0 heterocycles. The van der Waals surface area contributed by atoms with Gasteiger partial charge in [0.2, 0.25) is 0 Å². The molecule has 0 rings (SSSR count). The van der Waals surface area contributed by atoms with Crippen molar-refractivity contribution in [2.45, 2.75) is 61.4 Å². The maximum absolute atomic E-state index is 6.43. The fourth-order valence-electron chi connectivity index (χ4n) is 2.25. The first-order valence-electron chi connectivity index (χ1n) is 6.37. The zero-order valence-electron chi connectivity index (χ0n) is 12.0. The lowest BCUT2D eigenvalue weighted by Gasteiger charge is -2.43. The van der Waals surface area contributed by atoms with Gasteiger partial charge in [-0.25, -0.2) is 0 Å². The third kappa shape index (κ3) is 3.48. The molecule has 0 radical (unpaired) electrons. The molecular formula is C14H31N. The molecule has 0 aromatic heterocycles. The first kappa shape index (κ1) is 15.0. The summed E-state index contributed by atoms with van der Waals surface area (Å²) in [7, 11) is 0. The normalized spacial score (nSPS) is 19.4. The summed E-state index contributed by atoms with van der Waals surface area (Å²) in [5.41, 5.74) is 6.65. The Hall–Kier alpha value is -0.0400. The molecule has 0 aliphatic heterocycles. The van der Waals surface area contributed by atoms with E-state index in [-0.39, 0.29) is 11.5 Å². The second kappa shape index (κ2) is 5.34. The van der Waals surface area contributed by atoms with Crippen molar-refractivity contribution in [2.24, 2.45) is 34.8 Å². The predicted molar refractivity (Wildman–Crippen MR) is 69.8 cm³/mol. The molecule has 2 N–H and O–H groups in total. The van der Waals surface area contributed by atoms with E-state index in [4.69, 9.17) is 5.73 Å². The van der Waals surface area contributed by atoms with Crippen molar-refractivity contribution < 1.29 is 0 Å². The summed E-state index contributed by atoms with van der Waals surface area (Å²) in [4.78, 5) is 0. The van der Waals surface area contributed by atoms with Crippen LogP contribution in [-0.4, -0.2) is 6.04 Å². The first-order valence-corrected chi connectivity index (χ1v) is 6.37. The fraction of sp³-hybridized carbons (Fsp3) is 1.00. The molecular weight excluding hydrogens is 182 g/mol. The Kier molecular flexibility index (Phi) is 5.32. The summed E-state index contributed by atoms with van der Waals surface area (Å²) < 4.78 is 0. The van der Waals surface area contributed by atoms with Gasteiger partial charge < -0.3 is 5.73 Å². The Morgan fingerprint density at radius 2 is 1.20 bits per heavy atom. The third-order valence-corrected chi connectivity index (χ3v) is 4.65. The predicted octanol–water partition coefficient (Wildman–Crippen LogP) is 3.92. The monoisotopic (exact) mass is 213 g/mol. The summed E-state index contributed by atoms with van der Waals surface area (Å²) in [6.45, 7) is 18.4. The van der Waals surface area contributed by atoms with Gasteiger partial charge in [0.15, 0.2) is 0 Å². The van der Waals surface area contributed by atoms with Gasteiger partial charge in [-0.3, -0.25) is 0 Å². The van der Waals surface area contributed by atoms with Crippen LogP contribution in [0.1, 0.15) is 55.4 Å². The molecule has 0 bridgehead atoms. The molecule has 3 atom stereocenters. The van der Waals surface area contributed by atoms with Crippen molar-refractivity contribution in [3.8, 4) is 0 Å². The van der Waals surface area contributed by atoms with Crippen molar-refractivity contribution in [1.29, 1.82) is 0 Å². The second-order valence-corrected chi connectivity index (χ2v) is 6.48. The summed E-state index contributed by atoms with van der Waals surface area (Å²) >= 11 is 0. The zero-order valence-corrected chi connectivity index (χ0v) is 12.0. The smallest absolute Gasteiger partial charge is 0.0121 e. The minimum Gasteiger partial charge on any atom is -0.327 e. The Bertz CT molecular complexity index is 182. The molecule has 1 nitrogen and oxygen atoms in total. The molecule has 0 aromatic carbocycles. The molecule has 1 heteroatoms. The number of hydrogen-bond acceptors (Lipinski definition) is 1. The van der Waals surface area contributed by atoms with Crippen molar-refractivity contribution in [3.63, 3.8) is 0 Å². The van der Waals surface area contributed by atoms with Gasteiger partial charge in [-0.1, -0.05) is 55.4 Å². The van der Waals surface area contributed by atoms with Crippen LogP contribution in [-0.2, 0) is 0 Å². The van der Waals surface area contributed by atoms with Crippen LogP contribution < -0.4 is 5.73 Å². The standard InChI is InChI=1S/C14H31N/c1-9(2)11(5)13(15)14(7,8)12(6)10(3)4/h9-13H,15H2,1-8H3/t11-,12?,13?/m1/s1. The lowest BCUT2D eigenvalue weighted by Crippen LogP contribution is -2.48. The van der Waals surface area contributed by atoms with Crippen LogP contribution in [0.2, 0.25) is 0 Å². The number of hydrogen-bond donors (Lipinski definition) is 1. The van der Waals surface area contributed by atoms with Gasteiger partial charge in [-0.05, 0) is 29.1 Å². The van der Waals surface area contributed by atoms with Crippen LogP contribution in [0.4, 0.5) is 0 Å². The Labute approximate surface area is 96.8 Å². The Balaban J connectivity index is 4.71. The molecule has 0 aromatic rings. The third-order valence-electron chi connectivity index (χ3n) is 4.65. The van der Waals surface area contributed by atoms with Crippen molar-refractivity contribution in [2.75, 3.05) is 0 Å². The molecule has 0 fully saturated rings. The van der Waals surface area contributed by atoms with Gasteiger partial charge in [0, 0.05) is 6.04 Å². The minimum absolute atomic E-state index is 0.220.